The summed E-state index contributed by atoms with van der Waals surface area (Å²) in [5.41, 5.74) is 3.24. The number of hydrogen-bond donors (Lipinski definition) is 2. The normalized spacial score (nSPS) is 22.4. The van der Waals surface area contributed by atoms with E-state index in [0.29, 0.717) is 32.4 Å². The first kappa shape index (κ1) is 27.9. The molecule has 0 saturated carbocycles. The third kappa shape index (κ3) is 4.88. The van der Waals surface area contributed by atoms with Crippen LogP contribution in [0.4, 0.5) is 0 Å². The Morgan fingerprint density at radius 1 is 1.12 bits per heavy atom. The van der Waals surface area contributed by atoms with E-state index in [4.69, 9.17) is 0 Å². The largest absolute Gasteiger partial charge is 0.356 e. The Labute approximate surface area is 236 Å². The molecule has 3 aromatic rings. The van der Waals surface area contributed by atoms with Crippen molar-refractivity contribution in [2.24, 2.45) is 11.8 Å². The second-order valence-corrected chi connectivity index (χ2v) is 12.0. The molecule has 3 amide bonds. The molecule has 40 heavy (non-hydrogen) atoms. The van der Waals surface area contributed by atoms with Crippen molar-refractivity contribution in [2.45, 2.75) is 77.9 Å². The lowest BCUT2D eigenvalue weighted by Crippen LogP contribution is -2.65. The smallest absolute Gasteiger partial charge is 0.228 e. The van der Waals surface area contributed by atoms with Crippen LogP contribution in [0.1, 0.15) is 64.4 Å². The summed E-state index contributed by atoms with van der Waals surface area (Å²) in [5.74, 6) is -1.21. The van der Waals surface area contributed by atoms with Crippen LogP contribution in [0.15, 0.2) is 48.7 Å². The number of nitrogens with zero attached hydrogens (tertiary/aromatic N) is 3. The maximum atomic E-state index is 14.4. The van der Waals surface area contributed by atoms with E-state index < -0.39 is 17.4 Å². The average Bonchev–Trinajstić information content (AvgIpc) is 3.30. The molecule has 4 heterocycles. The molecule has 3 atom stereocenters. The molecule has 8 heteroatoms. The van der Waals surface area contributed by atoms with E-state index >= 15 is 0 Å². The molecule has 1 saturated heterocycles. The van der Waals surface area contributed by atoms with Crippen molar-refractivity contribution >= 4 is 28.6 Å². The second kappa shape index (κ2) is 11.1. The molecule has 1 fully saturated rings. The summed E-state index contributed by atoms with van der Waals surface area (Å²) in [7, 11) is 0. The fourth-order valence-corrected chi connectivity index (χ4v) is 6.99. The quantitative estimate of drug-likeness (QED) is 0.445. The molecule has 5 rings (SSSR count). The second-order valence-electron chi connectivity index (χ2n) is 12.0. The van der Waals surface area contributed by atoms with Crippen molar-refractivity contribution in [3.05, 3.63) is 65.6 Å². The number of carbonyl (C=O) groups excluding carboxylic acids is 3. The van der Waals surface area contributed by atoms with Crippen LogP contribution in [0.5, 0.6) is 0 Å². The number of para-hydroxylation sites is 1. The van der Waals surface area contributed by atoms with Gasteiger partial charge in [-0.2, -0.15) is 0 Å². The number of hydrogen-bond acceptors (Lipinski definition) is 4. The van der Waals surface area contributed by atoms with Crippen molar-refractivity contribution in [1.29, 1.82) is 0 Å². The van der Waals surface area contributed by atoms with Gasteiger partial charge in [-0.25, -0.2) is 0 Å². The lowest BCUT2D eigenvalue weighted by molar-refractivity contribution is -0.166. The third-order valence-electron chi connectivity index (χ3n) is 8.81. The average molecular weight is 544 g/mol. The third-order valence-corrected chi connectivity index (χ3v) is 8.81. The molecule has 2 aromatic heterocycles. The monoisotopic (exact) mass is 543 g/mol. The van der Waals surface area contributed by atoms with Crippen molar-refractivity contribution in [3.8, 4) is 0 Å². The Kier molecular flexibility index (Phi) is 7.71. The van der Waals surface area contributed by atoms with Gasteiger partial charge in [-0.05, 0) is 71.2 Å². The van der Waals surface area contributed by atoms with Gasteiger partial charge in [0, 0.05) is 72.4 Å². The molecule has 1 unspecified atom stereocenters. The predicted octanol–water partition coefficient (Wildman–Crippen LogP) is 4.19. The molecule has 212 valence electrons. The van der Waals surface area contributed by atoms with Crippen molar-refractivity contribution in [3.63, 3.8) is 0 Å². The minimum Gasteiger partial charge on any atom is -0.356 e. The molecule has 0 aliphatic carbocycles. The number of aromatic amines is 1. The van der Waals surface area contributed by atoms with Gasteiger partial charge in [-0.15, -0.1) is 0 Å². The first-order valence-corrected chi connectivity index (χ1v) is 14.5. The van der Waals surface area contributed by atoms with Gasteiger partial charge < -0.3 is 20.1 Å². The Bertz CT molecular complexity index is 1390. The predicted molar refractivity (Wildman–Crippen MR) is 155 cm³/mol. The van der Waals surface area contributed by atoms with Crippen LogP contribution in [0, 0.1) is 11.8 Å². The van der Waals surface area contributed by atoms with Gasteiger partial charge in [0.25, 0.3) is 0 Å². The summed E-state index contributed by atoms with van der Waals surface area (Å²) in [6.07, 6.45) is 3.48. The number of fused-ring (bicyclic) bond motifs is 5. The summed E-state index contributed by atoms with van der Waals surface area (Å²) in [5, 5.41) is 4.12. The highest BCUT2D eigenvalue weighted by molar-refractivity contribution is 5.93. The number of pyridine rings is 1. The van der Waals surface area contributed by atoms with E-state index in [9.17, 15) is 14.4 Å². The van der Waals surface area contributed by atoms with Crippen molar-refractivity contribution in [2.75, 3.05) is 13.1 Å². The lowest BCUT2D eigenvalue weighted by atomic mass is 9.67. The van der Waals surface area contributed by atoms with Crippen LogP contribution < -0.4 is 5.32 Å². The zero-order chi connectivity index (χ0) is 28.6. The number of aromatic nitrogens is 2. The maximum absolute atomic E-state index is 14.4. The molecule has 0 radical (unpaired) electrons. The van der Waals surface area contributed by atoms with Gasteiger partial charge in [0.15, 0.2) is 0 Å². The molecule has 2 aliphatic rings. The fraction of sp³-hybridized carbons (Fsp3) is 0.500. The van der Waals surface area contributed by atoms with Gasteiger partial charge in [-0.3, -0.25) is 19.4 Å². The Morgan fingerprint density at radius 2 is 1.85 bits per heavy atom. The highest BCUT2D eigenvalue weighted by Gasteiger charge is 2.57. The van der Waals surface area contributed by atoms with Crippen LogP contribution in [0.2, 0.25) is 0 Å². The van der Waals surface area contributed by atoms with Crippen LogP contribution >= 0.6 is 0 Å². The van der Waals surface area contributed by atoms with Crippen molar-refractivity contribution < 1.29 is 14.4 Å². The molecular weight excluding hydrogens is 502 g/mol. The van der Waals surface area contributed by atoms with Crippen LogP contribution in [0.3, 0.4) is 0 Å². The molecule has 2 N–H and O–H groups in total. The van der Waals surface area contributed by atoms with E-state index in [1.54, 1.807) is 6.20 Å². The number of nitrogens with one attached hydrogen (secondary N) is 2. The van der Waals surface area contributed by atoms with E-state index in [2.05, 4.69) is 27.4 Å². The standard InChI is InChI=1S/C32H41N5O3/c1-20(2)37(21(3)4)31(40)26-18-22(19-28(38)34-16-13-23-10-8-9-15-33-23)30(39)36-17-14-25-24-11-6-7-12-27(24)35-29(25)32(26,36)5/h6-12,15,20-22,26,35H,13-14,16-19H2,1-5H3,(H,34,38)/t22?,26-,32+/m1/s1. The van der Waals surface area contributed by atoms with Crippen molar-refractivity contribution in [1.82, 2.24) is 25.1 Å². The fourth-order valence-electron chi connectivity index (χ4n) is 6.99. The number of carbonyl (C=O) groups is 3. The Hall–Kier alpha value is -3.68. The van der Waals surface area contributed by atoms with Crippen LogP contribution in [0.25, 0.3) is 10.9 Å². The Morgan fingerprint density at radius 3 is 2.55 bits per heavy atom. The van der Waals surface area contributed by atoms with E-state index in [0.717, 1.165) is 22.3 Å². The summed E-state index contributed by atoms with van der Waals surface area (Å²) in [6, 6.07) is 13.9. The number of rotatable bonds is 8. The van der Waals surface area contributed by atoms with E-state index in [-0.39, 0.29) is 36.2 Å². The molecule has 1 aromatic carbocycles. The van der Waals surface area contributed by atoms with E-state index in [1.807, 2.05) is 74.8 Å². The van der Waals surface area contributed by atoms with Gasteiger partial charge >= 0.3 is 0 Å². The number of piperidine rings is 1. The first-order valence-electron chi connectivity index (χ1n) is 14.5. The Balaban J connectivity index is 1.45. The maximum Gasteiger partial charge on any atom is 0.228 e. The number of benzene rings is 1. The summed E-state index contributed by atoms with van der Waals surface area (Å²) in [6.45, 7) is 11.2. The summed E-state index contributed by atoms with van der Waals surface area (Å²) in [4.78, 5) is 53.2. The molecule has 2 aliphatic heterocycles. The van der Waals surface area contributed by atoms with Crippen LogP contribution in [-0.4, -0.2) is 62.7 Å². The lowest BCUT2D eigenvalue weighted by Gasteiger charge is -2.54. The molecular formula is C32H41N5O3. The summed E-state index contributed by atoms with van der Waals surface area (Å²) >= 11 is 0. The van der Waals surface area contributed by atoms with Gasteiger partial charge in [0.1, 0.15) is 0 Å². The zero-order valence-corrected chi connectivity index (χ0v) is 24.2. The topological polar surface area (TPSA) is 98.4 Å². The van der Waals surface area contributed by atoms with Gasteiger partial charge in [-0.1, -0.05) is 24.3 Å². The minimum atomic E-state index is -0.825. The van der Waals surface area contributed by atoms with E-state index in [1.165, 1.54) is 5.56 Å². The molecule has 8 nitrogen and oxygen atoms in total. The first-order chi connectivity index (χ1) is 19.1. The van der Waals surface area contributed by atoms with Gasteiger partial charge in [0.05, 0.1) is 11.5 Å². The summed E-state index contributed by atoms with van der Waals surface area (Å²) < 4.78 is 0. The van der Waals surface area contributed by atoms with Gasteiger partial charge in [0.2, 0.25) is 17.7 Å². The minimum absolute atomic E-state index is 0.0151. The highest BCUT2D eigenvalue weighted by atomic mass is 16.2. The molecule has 0 spiro atoms. The highest BCUT2D eigenvalue weighted by Crippen LogP contribution is 2.50. The molecule has 0 bridgehead atoms. The number of amides is 3. The SMILES string of the molecule is CC(C)N(C(=O)[C@H]1CC(CC(=O)NCCc2ccccn2)C(=O)N2CCc3c([nH]c4ccccc34)[C@]12C)C(C)C. The zero-order valence-electron chi connectivity index (χ0n) is 24.2. The van der Waals surface area contributed by atoms with Crippen LogP contribution in [-0.2, 0) is 32.8 Å². The number of H-pyrrole nitrogens is 1.